The second kappa shape index (κ2) is 4.84. The second-order valence-electron chi connectivity index (χ2n) is 3.64. The van der Waals surface area contributed by atoms with E-state index in [1.54, 1.807) is 17.5 Å². The molecule has 0 radical (unpaired) electrons. The van der Waals surface area contributed by atoms with Gasteiger partial charge in [-0.25, -0.2) is 9.97 Å². The van der Waals surface area contributed by atoms with E-state index in [1.807, 2.05) is 23.7 Å². The first-order valence-corrected chi connectivity index (χ1v) is 7.19. The van der Waals surface area contributed by atoms with Gasteiger partial charge in [-0.2, -0.15) is 0 Å². The summed E-state index contributed by atoms with van der Waals surface area (Å²) in [5.41, 5.74) is 3.82. The maximum absolute atomic E-state index is 5.86. The summed E-state index contributed by atoms with van der Waals surface area (Å²) < 4.78 is 1.98. The lowest BCUT2D eigenvalue weighted by Gasteiger charge is -2.07. The number of thiazole rings is 1. The summed E-state index contributed by atoms with van der Waals surface area (Å²) in [4.78, 5) is 8.48. The molecule has 0 bridgehead atoms. The van der Waals surface area contributed by atoms with E-state index in [-0.39, 0.29) is 0 Å². The minimum atomic E-state index is 0.602. The van der Waals surface area contributed by atoms with Crippen LogP contribution in [0.4, 0.5) is 11.5 Å². The third kappa shape index (κ3) is 2.34. The number of hydrogen-bond donors (Lipinski definition) is 1. The van der Waals surface area contributed by atoms with Crippen LogP contribution < -0.4 is 5.32 Å². The number of aromatic nitrogens is 2. The molecule has 0 saturated carbocycles. The quantitative estimate of drug-likeness (QED) is 0.724. The average Bonchev–Trinajstić information content (AvgIpc) is 2.80. The Morgan fingerprint density at radius 1 is 1.22 bits per heavy atom. The van der Waals surface area contributed by atoms with Crippen molar-refractivity contribution in [1.82, 2.24) is 9.97 Å². The summed E-state index contributed by atoms with van der Waals surface area (Å²) >= 11 is 10.9. The number of benzene rings is 1. The topological polar surface area (TPSA) is 37.8 Å². The summed E-state index contributed by atoms with van der Waals surface area (Å²) in [6.45, 7) is 0. The van der Waals surface area contributed by atoms with E-state index in [0.717, 1.165) is 26.2 Å². The van der Waals surface area contributed by atoms with Crippen LogP contribution in [0.2, 0.25) is 5.02 Å². The number of nitrogens with zero attached hydrogens (tertiary/aromatic N) is 2. The Morgan fingerprint density at radius 3 is 2.94 bits per heavy atom. The molecule has 3 aromatic rings. The van der Waals surface area contributed by atoms with Crippen molar-refractivity contribution in [2.24, 2.45) is 0 Å². The van der Waals surface area contributed by atoms with Crippen LogP contribution >= 0.6 is 38.9 Å². The Labute approximate surface area is 121 Å². The van der Waals surface area contributed by atoms with E-state index in [1.165, 1.54) is 0 Å². The van der Waals surface area contributed by atoms with E-state index in [9.17, 15) is 0 Å². The van der Waals surface area contributed by atoms with Gasteiger partial charge in [0.2, 0.25) is 0 Å². The SMILES string of the molecule is Clc1cnc(Nc2ccc3ncsc3c2)c(Br)c1. The fourth-order valence-corrected chi connectivity index (χ4v) is 3.03. The second-order valence-corrected chi connectivity index (χ2v) is 5.82. The highest BCUT2D eigenvalue weighted by molar-refractivity contribution is 9.10. The summed E-state index contributed by atoms with van der Waals surface area (Å²) in [6, 6.07) is 7.82. The highest BCUT2D eigenvalue weighted by atomic mass is 79.9. The number of rotatable bonds is 2. The predicted molar refractivity (Wildman–Crippen MR) is 79.8 cm³/mol. The lowest BCUT2D eigenvalue weighted by atomic mass is 10.3. The summed E-state index contributed by atoms with van der Waals surface area (Å²) in [5, 5.41) is 3.85. The fraction of sp³-hybridized carbons (Fsp3) is 0. The molecule has 0 unspecified atom stereocenters. The molecular formula is C12H7BrClN3S. The number of pyridine rings is 1. The summed E-state index contributed by atoms with van der Waals surface area (Å²) in [6.07, 6.45) is 1.61. The van der Waals surface area contributed by atoms with Crippen LogP contribution in [0.3, 0.4) is 0 Å². The Hall–Kier alpha value is -1.17. The van der Waals surface area contributed by atoms with Gasteiger partial charge in [-0.05, 0) is 40.2 Å². The minimum Gasteiger partial charge on any atom is -0.339 e. The lowest BCUT2D eigenvalue weighted by Crippen LogP contribution is -1.94. The molecule has 1 N–H and O–H groups in total. The molecule has 0 aliphatic heterocycles. The highest BCUT2D eigenvalue weighted by Crippen LogP contribution is 2.28. The van der Waals surface area contributed by atoms with Crippen molar-refractivity contribution in [3.8, 4) is 0 Å². The number of nitrogens with one attached hydrogen (secondary N) is 1. The largest absolute Gasteiger partial charge is 0.339 e. The van der Waals surface area contributed by atoms with Crippen LogP contribution in [-0.4, -0.2) is 9.97 Å². The van der Waals surface area contributed by atoms with Gasteiger partial charge in [0.1, 0.15) is 5.82 Å². The van der Waals surface area contributed by atoms with Crippen molar-refractivity contribution in [3.63, 3.8) is 0 Å². The van der Waals surface area contributed by atoms with Crippen molar-refractivity contribution in [2.75, 3.05) is 5.32 Å². The van der Waals surface area contributed by atoms with E-state index in [4.69, 9.17) is 11.6 Å². The van der Waals surface area contributed by atoms with E-state index >= 15 is 0 Å². The zero-order chi connectivity index (χ0) is 12.5. The zero-order valence-electron chi connectivity index (χ0n) is 9.02. The fourth-order valence-electron chi connectivity index (χ4n) is 1.58. The molecule has 3 nitrogen and oxygen atoms in total. The molecule has 1 aromatic carbocycles. The summed E-state index contributed by atoms with van der Waals surface area (Å²) in [5.74, 6) is 0.739. The van der Waals surface area contributed by atoms with Gasteiger partial charge >= 0.3 is 0 Å². The number of fused-ring (bicyclic) bond motifs is 1. The van der Waals surface area contributed by atoms with Gasteiger partial charge in [-0.15, -0.1) is 11.3 Å². The third-order valence-corrected chi connectivity index (χ3v) is 4.00. The van der Waals surface area contributed by atoms with Crippen molar-refractivity contribution in [2.45, 2.75) is 0 Å². The van der Waals surface area contributed by atoms with E-state index in [0.29, 0.717) is 5.02 Å². The molecule has 90 valence electrons. The van der Waals surface area contributed by atoms with Gasteiger partial charge < -0.3 is 5.32 Å². The minimum absolute atomic E-state index is 0.602. The van der Waals surface area contributed by atoms with Gasteiger partial charge in [0.25, 0.3) is 0 Å². The van der Waals surface area contributed by atoms with Crippen molar-refractivity contribution >= 4 is 60.6 Å². The van der Waals surface area contributed by atoms with Crippen molar-refractivity contribution in [3.05, 3.63) is 45.5 Å². The van der Waals surface area contributed by atoms with Crippen LogP contribution in [0.25, 0.3) is 10.2 Å². The molecule has 0 saturated heterocycles. The first-order chi connectivity index (χ1) is 8.72. The van der Waals surface area contributed by atoms with Gasteiger partial charge in [-0.1, -0.05) is 11.6 Å². The van der Waals surface area contributed by atoms with Crippen LogP contribution in [0.5, 0.6) is 0 Å². The molecule has 3 rings (SSSR count). The molecule has 0 atom stereocenters. The van der Waals surface area contributed by atoms with Gasteiger partial charge in [0.05, 0.1) is 25.2 Å². The van der Waals surface area contributed by atoms with Gasteiger partial charge in [0.15, 0.2) is 0 Å². The molecule has 18 heavy (non-hydrogen) atoms. The highest BCUT2D eigenvalue weighted by Gasteiger charge is 2.04. The van der Waals surface area contributed by atoms with Crippen LogP contribution in [0, 0.1) is 0 Å². The number of hydrogen-bond acceptors (Lipinski definition) is 4. The molecule has 2 heterocycles. The standard InChI is InChI=1S/C12H7BrClN3S/c13-9-3-7(14)5-15-12(9)17-8-1-2-10-11(4-8)18-6-16-10/h1-6H,(H,15,17). The zero-order valence-corrected chi connectivity index (χ0v) is 12.2. The Bertz CT molecular complexity index is 713. The van der Waals surface area contributed by atoms with E-state index < -0.39 is 0 Å². The lowest BCUT2D eigenvalue weighted by molar-refractivity contribution is 1.29. The van der Waals surface area contributed by atoms with Crippen molar-refractivity contribution in [1.29, 1.82) is 0 Å². The third-order valence-electron chi connectivity index (χ3n) is 2.40. The Morgan fingerprint density at radius 2 is 2.11 bits per heavy atom. The molecular weight excluding hydrogens is 334 g/mol. The Kier molecular flexibility index (Phi) is 3.20. The average molecular weight is 341 g/mol. The maximum atomic E-state index is 5.86. The molecule has 0 aliphatic carbocycles. The molecule has 6 heteroatoms. The Balaban J connectivity index is 1.95. The van der Waals surface area contributed by atoms with E-state index in [2.05, 4.69) is 37.3 Å². The predicted octanol–water partition coefficient (Wildman–Crippen LogP) is 4.85. The van der Waals surface area contributed by atoms with Crippen LogP contribution in [0.1, 0.15) is 0 Å². The first kappa shape index (κ1) is 11.9. The normalized spacial score (nSPS) is 10.8. The monoisotopic (exact) mass is 339 g/mol. The molecule has 0 fully saturated rings. The summed E-state index contributed by atoms with van der Waals surface area (Å²) in [7, 11) is 0. The molecule has 0 amide bonds. The first-order valence-electron chi connectivity index (χ1n) is 5.14. The smallest absolute Gasteiger partial charge is 0.144 e. The number of anilines is 2. The van der Waals surface area contributed by atoms with Gasteiger partial charge in [0, 0.05) is 11.9 Å². The maximum Gasteiger partial charge on any atom is 0.144 e. The molecule has 2 aromatic heterocycles. The van der Waals surface area contributed by atoms with Gasteiger partial charge in [-0.3, -0.25) is 0 Å². The molecule has 0 aliphatic rings. The van der Waals surface area contributed by atoms with Crippen LogP contribution in [-0.2, 0) is 0 Å². The van der Waals surface area contributed by atoms with Crippen LogP contribution in [0.15, 0.2) is 40.4 Å². The van der Waals surface area contributed by atoms with Crippen molar-refractivity contribution < 1.29 is 0 Å². The number of halogens is 2. The molecule has 0 spiro atoms.